The monoisotopic (exact) mass is 273 g/mol. The van der Waals surface area contributed by atoms with Crippen LogP contribution >= 0.6 is 0 Å². The summed E-state index contributed by atoms with van der Waals surface area (Å²) in [4.78, 5) is 11.8. The van der Waals surface area contributed by atoms with Crippen LogP contribution in [0, 0.1) is 6.92 Å². The predicted octanol–water partition coefficient (Wildman–Crippen LogP) is 2.16. The first-order chi connectivity index (χ1) is 9.72. The van der Waals surface area contributed by atoms with Gasteiger partial charge in [-0.1, -0.05) is 10.3 Å². The fourth-order valence-corrected chi connectivity index (χ4v) is 1.66. The van der Waals surface area contributed by atoms with E-state index in [0.717, 1.165) is 0 Å². The van der Waals surface area contributed by atoms with Gasteiger partial charge in [0.1, 0.15) is 11.5 Å². The molecule has 0 unspecified atom stereocenters. The molecule has 3 aromatic heterocycles. The summed E-state index contributed by atoms with van der Waals surface area (Å²) < 4.78 is 15.1. The number of carbonyl (C=O) groups excluding carboxylic acids is 1. The molecule has 7 heteroatoms. The number of hydrogen-bond acceptors (Lipinski definition) is 6. The SMILES string of the molecule is Cc1cc(C(=O)NCc2cc(-c3ccco3)on2)no1. The van der Waals surface area contributed by atoms with Gasteiger partial charge in [0.15, 0.2) is 11.5 Å². The topological polar surface area (TPSA) is 94.3 Å². The summed E-state index contributed by atoms with van der Waals surface area (Å²) in [5.74, 6) is 1.35. The first-order valence-corrected chi connectivity index (χ1v) is 5.93. The molecule has 0 atom stereocenters. The van der Waals surface area contributed by atoms with E-state index in [9.17, 15) is 4.79 Å². The highest BCUT2D eigenvalue weighted by molar-refractivity contribution is 5.92. The zero-order valence-electron chi connectivity index (χ0n) is 10.6. The van der Waals surface area contributed by atoms with Crippen LogP contribution in [-0.2, 0) is 6.54 Å². The molecule has 0 bridgehead atoms. The number of hydrogen-bond donors (Lipinski definition) is 1. The molecule has 3 aromatic rings. The van der Waals surface area contributed by atoms with Crippen molar-refractivity contribution in [3.05, 3.63) is 47.7 Å². The Balaban J connectivity index is 1.63. The van der Waals surface area contributed by atoms with Crippen molar-refractivity contribution in [2.24, 2.45) is 0 Å². The van der Waals surface area contributed by atoms with Gasteiger partial charge in [-0.25, -0.2) is 0 Å². The number of amides is 1. The second-order valence-corrected chi connectivity index (χ2v) is 4.17. The molecule has 7 nitrogen and oxygen atoms in total. The van der Waals surface area contributed by atoms with Gasteiger partial charge in [-0.2, -0.15) is 0 Å². The molecule has 0 aliphatic carbocycles. The molecule has 1 amide bonds. The van der Waals surface area contributed by atoms with E-state index in [2.05, 4.69) is 15.6 Å². The molecule has 0 aliphatic heterocycles. The van der Waals surface area contributed by atoms with Crippen molar-refractivity contribution in [2.45, 2.75) is 13.5 Å². The number of furan rings is 1. The Labute approximate surface area is 113 Å². The Kier molecular flexibility index (Phi) is 3.08. The normalized spacial score (nSPS) is 10.7. The maximum absolute atomic E-state index is 11.8. The number of aryl methyl sites for hydroxylation is 1. The Bertz CT molecular complexity index is 712. The summed E-state index contributed by atoms with van der Waals surface area (Å²) in [6, 6.07) is 6.78. The molecule has 0 radical (unpaired) electrons. The molecule has 3 rings (SSSR count). The van der Waals surface area contributed by atoms with Gasteiger partial charge in [0, 0.05) is 12.1 Å². The fourth-order valence-electron chi connectivity index (χ4n) is 1.66. The van der Waals surface area contributed by atoms with Crippen molar-refractivity contribution < 1.29 is 18.3 Å². The van der Waals surface area contributed by atoms with Crippen LogP contribution < -0.4 is 5.32 Å². The third-order valence-electron chi connectivity index (χ3n) is 2.61. The minimum absolute atomic E-state index is 0.231. The van der Waals surface area contributed by atoms with Crippen LogP contribution in [0.5, 0.6) is 0 Å². The molecule has 102 valence electrons. The molecule has 0 spiro atoms. The average Bonchev–Trinajstić information content (AvgIpc) is 3.16. The van der Waals surface area contributed by atoms with Crippen LogP contribution in [-0.4, -0.2) is 16.2 Å². The molecular weight excluding hydrogens is 262 g/mol. The van der Waals surface area contributed by atoms with Crippen LogP contribution in [0.25, 0.3) is 11.5 Å². The highest BCUT2D eigenvalue weighted by Crippen LogP contribution is 2.20. The van der Waals surface area contributed by atoms with E-state index in [4.69, 9.17) is 13.5 Å². The van der Waals surface area contributed by atoms with E-state index in [1.54, 1.807) is 37.5 Å². The number of carbonyl (C=O) groups is 1. The number of rotatable bonds is 4. The number of nitrogens with one attached hydrogen (secondary N) is 1. The first-order valence-electron chi connectivity index (χ1n) is 5.93. The summed E-state index contributed by atoms with van der Waals surface area (Å²) >= 11 is 0. The van der Waals surface area contributed by atoms with Gasteiger partial charge < -0.3 is 18.8 Å². The van der Waals surface area contributed by atoms with E-state index in [-0.39, 0.29) is 18.1 Å². The molecule has 20 heavy (non-hydrogen) atoms. The van der Waals surface area contributed by atoms with Crippen molar-refractivity contribution >= 4 is 5.91 Å². The first kappa shape index (κ1) is 12.2. The Hall–Kier alpha value is -2.83. The largest absolute Gasteiger partial charge is 0.461 e. The van der Waals surface area contributed by atoms with E-state index in [1.807, 2.05) is 0 Å². The fraction of sp³-hybridized carbons (Fsp3) is 0.154. The van der Waals surface area contributed by atoms with E-state index in [1.165, 1.54) is 0 Å². The van der Waals surface area contributed by atoms with E-state index >= 15 is 0 Å². The van der Waals surface area contributed by atoms with Crippen molar-refractivity contribution in [1.82, 2.24) is 15.6 Å². The standard InChI is InChI=1S/C13H11N3O4/c1-8-5-10(16-19-8)13(17)14-7-9-6-12(20-15-9)11-3-2-4-18-11/h2-6H,7H2,1H3,(H,14,17). The van der Waals surface area contributed by atoms with Gasteiger partial charge in [0.25, 0.3) is 5.91 Å². The van der Waals surface area contributed by atoms with Crippen molar-refractivity contribution in [1.29, 1.82) is 0 Å². The minimum Gasteiger partial charge on any atom is -0.461 e. The summed E-state index contributed by atoms with van der Waals surface area (Å²) in [5, 5.41) is 10.2. The Morgan fingerprint density at radius 1 is 1.25 bits per heavy atom. The third-order valence-corrected chi connectivity index (χ3v) is 2.61. The zero-order chi connectivity index (χ0) is 13.9. The summed E-state index contributed by atoms with van der Waals surface area (Å²) in [5.41, 5.74) is 0.821. The van der Waals surface area contributed by atoms with Gasteiger partial charge in [0.2, 0.25) is 5.76 Å². The second kappa shape index (κ2) is 5.04. The summed E-state index contributed by atoms with van der Waals surface area (Å²) in [6.45, 7) is 1.95. The maximum atomic E-state index is 11.8. The molecule has 0 aromatic carbocycles. The van der Waals surface area contributed by atoms with Crippen LogP contribution in [0.1, 0.15) is 21.9 Å². The summed E-state index contributed by atoms with van der Waals surface area (Å²) in [7, 11) is 0. The number of aromatic nitrogens is 2. The van der Waals surface area contributed by atoms with Gasteiger partial charge in [0.05, 0.1) is 12.8 Å². The molecule has 0 saturated heterocycles. The highest BCUT2D eigenvalue weighted by Gasteiger charge is 2.13. The van der Waals surface area contributed by atoms with E-state index < -0.39 is 0 Å². The smallest absolute Gasteiger partial charge is 0.273 e. The maximum Gasteiger partial charge on any atom is 0.273 e. The second-order valence-electron chi connectivity index (χ2n) is 4.17. The quantitative estimate of drug-likeness (QED) is 0.782. The molecule has 0 fully saturated rings. The molecule has 0 aliphatic rings. The lowest BCUT2D eigenvalue weighted by atomic mass is 10.3. The van der Waals surface area contributed by atoms with E-state index in [0.29, 0.717) is 23.0 Å². The average molecular weight is 273 g/mol. The van der Waals surface area contributed by atoms with Crippen LogP contribution in [0.2, 0.25) is 0 Å². The van der Waals surface area contributed by atoms with Crippen LogP contribution in [0.15, 0.2) is 44.0 Å². The molecule has 1 N–H and O–H groups in total. The van der Waals surface area contributed by atoms with Gasteiger partial charge in [-0.3, -0.25) is 4.79 Å². The van der Waals surface area contributed by atoms with Crippen molar-refractivity contribution in [2.75, 3.05) is 0 Å². The lowest BCUT2D eigenvalue weighted by molar-refractivity contribution is 0.0941. The lowest BCUT2D eigenvalue weighted by Gasteiger charge is -1.97. The number of nitrogens with zero attached hydrogens (tertiary/aromatic N) is 2. The Morgan fingerprint density at radius 3 is 2.85 bits per heavy atom. The third kappa shape index (κ3) is 2.46. The molecular formula is C13H11N3O4. The summed E-state index contributed by atoms with van der Waals surface area (Å²) in [6.07, 6.45) is 1.55. The van der Waals surface area contributed by atoms with Crippen LogP contribution in [0.4, 0.5) is 0 Å². The predicted molar refractivity (Wildman–Crippen MR) is 66.6 cm³/mol. The lowest BCUT2D eigenvalue weighted by Crippen LogP contribution is -2.23. The van der Waals surface area contributed by atoms with Crippen LogP contribution in [0.3, 0.4) is 0 Å². The van der Waals surface area contributed by atoms with Gasteiger partial charge in [-0.05, 0) is 19.1 Å². The van der Waals surface area contributed by atoms with Gasteiger partial charge >= 0.3 is 0 Å². The molecule has 0 saturated carbocycles. The minimum atomic E-state index is -0.329. The zero-order valence-corrected chi connectivity index (χ0v) is 10.6. The molecule has 3 heterocycles. The van der Waals surface area contributed by atoms with Crippen molar-refractivity contribution in [3.8, 4) is 11.5 Å². The Morgan fingerprint density at radius 2 is 2.15 bits per heavy atom. The van der Waals surface area contributed by atoms with Gasteiger partial charge in [-0.15, -0.1) is 0 Å². The highest BCUT2D eigenvalue weighted by atomic mass is 16.5. The van der Waals surface area contributed by atoms with Crippen molar-refractivity contribution in [3.63, 3.8) is 0 Å².